The summed E-state index contributed by atoms with van der Waals surface area (Å²) in [5.74, 6) is 1.33. The van der Waals surface area contributed by atoms with Crippen molar-refractivity contribution >= 4 is 51.3 Å². The van der Waals surface area contributed by atoms with Crippen LogP contribution in [0, 0.1) is 3.70 Å². The van der Waals surface area contributed by atoms with Crippen molar-refractivity contribution in [2.75, 3.05) is 13.2 Å². The van der Waals surface area contributed by atoms with Gasteiger partial charge in [0.15, 0.2) is 5.15 Å². The van der Waals surface area contributed by atoms with Crippen LogP contribution in [0.4, 0.5) is 0 Å². The molecule has 0 unspecified atom stereocenters. The van der Waals surface area contributed by atoms with Crippen molar-refractivity contribution in [2.45, 2.75) is 18.8 Å². The Morgan fingerprint density at radius 1 is 1.33 bits per heavy atom. The summed E-state index contributed by atoms with van der Waals surface area (Å²) in [5, 5.41) is 0.987. The number of nitrogens with zero attached hydrogens (tertiary/aromatic N) is 3. The molecule has 1 saturated heterocycles. The van der Waals surface area contributed by atoms with E-state index < -0.39 is 0 Å². The Balaban J connectivity index is 2.20. The molecule has 0 bridgehead atoms. The highest BCUT2D eigenvalue weighted by atomic mass is 127. The third-order valence-electron chi connectivity index (χ3n) is 3.14. The second-order valence-electron chi connectivity index (χ2n) is 4.20. The molecular weight excluding hydrogens is 388 g/mol. The summed E-state index contributed by atoms with van der Waals surface area (Å²) in [5.41, 5.74) is 0.797. The number of rotatable bonds is 1. The molecule has 1 aliphatic rings. The zero-order valence-electron chi connectivity index (χ0n) is 9.37. The summed E-state index contributed by atoms with van der Waals surface area (Å²) in [4.78, 5) is 8.69. The van der Waals surface area contributed by atoms with E-state index in [9.17, 15) is 0 Å². The van der Waals surface area contributed by atoms with Crippen LogP contribution in [-0.2, 0) is 4.74 Å². The van der Waals surface area contributed by atoms with Crippen LogP contribution in [0.1, 0.15) is 24.6 Å². The average molecular weight is 398 g/mol. The predicted octanol–water partition coefficient (Wildman–Crippen LogP) is 3.53. The Hall–Kier alpha value is -0.110. The van der Waals surface area contributed by atoms with E-state index in [2.05, 4.69) is 32.6 Å². The second kappa shape index (κ2) is 5.11. The first-order valence-corrected chi connectivity index (χ1v) is 7.47. The number of hydrogen-bond donors (Lipinski definition) is 0. The molecule has 0 spiro atoms. The highest BCUT2D eigenvalue weighted by molar-refractivity contribution is 14.1. The number of hydrogen-bond acceptors (Lipinski definition) is 3. The Morgan fingerprint density at radius 2 is 2.06 bits per heavy atom. The van der Waals surface area contributed by atoms with Crippen LogP contribution < -0.4 is 0 Å². The summed E-state index contributed by atoms with van der Waals surface area (Å²) in [7, 11) is 0. The summed E-state index contributed by atoms with van der Waals surface area (Å²) in [6, 6.07) is 0. The number of imidazole rings is 1. The van der Waals surface area contributed by atoms with Gasteiger partial charge < -0.3 is 4.74 Å². The van der Waals surface area contributed by atoms with E-state index in [-0.39, 0.29) is 0 Å². The quantitative estimate of drug-likeness (QED) is 0.691. The van der Waals surface area contributed by atoms with Crippen LogP contribution >= 0.6 is 45.8 Å². The van der Waals surface area contributed by atoms with Gasteiger partial charge in [-0.3, -0.25) is 4.40 Å². The average Bonchev–Trinajstić information content (AvgIpc) is 2.74. The van der Waals surface area contributed by atoms with E-state index in [1.807, 2.05) is 4.40 Å². The first-order chi connectivity index (χ1) is 8.68. The van der Waals surface area contributed by atoms with E-state index in [0.29, 0.717) is 16.2 Å². The predicted molar refractivity (Wildman–Crippen MR) is 78.5 cm³/mol. The molecule has 0 N–H and O–H groups in total. The largest absolute Gasteiger partial charge is 0.381 e. The lowest BCUT2D eigenvalue weighted by Gasteiger charge is -2.21. The minimum atomic E-state index is 0.366. The van der Waals surface area contributed by atoms with Crippen LogP contribution in [0.3, 0.4) is 0 Å². The summed E-state index contributed by atoms with van der Waals surface area (Å²) in [6.45, 7) is 1.54. The van der Waals surface area contributed by atoms with E-state index in [1.165, 1.54) is 0 Å². The normalized spacial score (nSPS) is 17.5. The van der Waals surface area contributed by atoms with Gasteiger partial charge in [0.25, 0.3) is 0 Å². The Labute approximate surface area is 128 Å². The van der Waals surface area contributed by atoms with E-state index in [4.69, 9.17) is 27.9 Å². The van der Waals surface area contributed by atoms with Crippen molar-refractivity contribution in [3.05, 3.63) is 26.0 Å². The van der Waals surface area contributed by atoms with Crippen molar-refractivity contribution in [3.63, 3.8) is 0 Å². The van der Waals surface area contributed by atoms with Gasteiger partial charge in [0.05, 0.1) is 6.20 Å². The number of ether oxygens (including phenoxy) is 1. The molecule has 18 heavy (non-hydrogen) atoms. The summed E-state index contributed by atoms with van der Waals surface area (Å²) < 4.78 is 8.14. The third kappa shape index (κ3) is 2.11. The monoisotopic (exact) mass is 397 g/mol. The Bertz CT molecular complexity index is 595. The molecular formula is C11H10Cl2IN3O. The maximum atomic E-state index is 6.23. The molecule has 0 radical (unpaired) electrons. The van der Waals surface area contributed by atoms with E-state index in [0.717, 1.165) is 41.1 Å². The molecule has 1 aliphatic heterocycles. The van der Waals surface area contributed by atoms with Gasteiger partial charge in [-0.15, -0.1) is 0 Å². The summed E-state index contributed by atoms with van der Waals surface area (Å²) >= 11 is 14.5. The smallest absolute Gasteiger partial charge is 0.155 e. The molecule has 3 heterocycles. The number of fused-ring (bicyclic) bond motifs is 1. The second-order valence-corrected chi connectivity index (χ2v) is 5.97. The molecule has 96 valence electrons. The van der Waals surface area contributed by atoms with Crippen molar-refractivity contribution in [1.82, 2.24) is 14.4 Å². The highest BCUT2D eigenvalue weighted by Crippen LogP contribution is 2.32. The van der Waals surface area contributed by atoms with Crippen LogP contribution in [0.5, 0.6) is 0 Å². The Morgan fingerprint density at radius 3 is 2.78 bits per heavy atom. The molecule has 3 rings (SSSR count). The fourth-order valence-corrected chi connectivity index (χ4v) is 3.61. The summed E-state index contributed by atoms with van der Waals surface area (Å²) in [6.07, 6.45) is 3.49. The highest BCUT2D eigenvalue weighted by Gasteiger charge is 2.24. The molecule has 0 aromatic carbocycles. The molecule has 0 amide bonds. The zero-order chi connectivity index (χ0) is 12.7. The molecule has 2 aromatic heterocycles. The molecule has 1 fully saturated rings. The van der Waals surface area contributed by atoms with Gasteiger partial charge in [-0.05, 0) is 35.4 Å². The van der Waals surface area contributed by atoms with Crippen LogP contribution in [-0.4, -0.2) is 27.6 Å². The van der Waals surface area contributed by atoms with Gasteiger partial charge in [-0.25, -0.2) is 9.97 Å². The van der Waals surface area contributed by atoms with Crippen LogP contribution in [0.25, 0.3) is 5.52 Å². The first-order valence-electron chi connectivity index (χ1n) is 5.64. The van der Waals surface area contributed by atoms with Crippen molar-refractivity contribution < 1.29 is 4.74 Å². The molecule has 2 aromatic rings. The standard InChI is InChI=1S/C11H10Cl2IN3O/c12-7-5-15-9(13)8-10(14)16-11(17(7)8)6-1-3-18-4-2-6/h5-6H,1-4H2. The van der Waals surface area contributed by atoms with Crippen LogP contribution in [0.2, 0.25) is 10.3 Å². The molecule has 0 atom stereocenters. The molecule has 7 heteroatoms. The third-order valence-corrected chi connectivity index (χ3v) is 4.44. The van der Waals surface area contributed by atoms with Gasteiger partial charge in [0.1, 0.15) is 20.2 Å². The molecule has 4 nitrogen and oxygen atoms in total. The topological polar surface area (TPSA) is 39.4 Å². The van der Waals surface area contributed by atoms with Gasteiger partial charge in [-0.1, -0.05) is 23.2 Å². The zero-order valence-corrected chi connectivity index (χ0v) is 13.0. The fraction of sp³-hybridized carbons (Fsp3) is 0.455. The molecule has 0 aliphatic carbocycles. The van der Waals surface area contributed by atoms with Crippen LogP contribution in [0.15, 0.2) is 6.20 Å². The fourth-order valence-electron chi connectivity index (χ4n) is 2.26. The number of halogens is 3. The maximum absolute atomic E-state index is 6.23. The Kier molecular flexibility index (Phi) is 3.66. The first kappa shape index (κ1) is 12.9. The lowest BCUT2D eigenvalue weighted by molar-refractivity contribution is 0.0835. The minimum absolute atomic E-state index is 0.366. The lowest BCUT2D eigenvalue weighted by Crippen LogP contribution is -2.16. The van der Waals surface area contributed by atoms with Crippen molar-refractivity contribution in [3.8, 4) is 0 Å². The van der Waals surface area contributed by atoms with Gasteiger partial charge >= 0.3 is 0 Å². The molecule has 0 saturated carbocycles. The maximum Gasteiger partial charge on any atom is 0.155 e. The van der Waals surface area contributed by atoms with Crippen molar-refractivity contribution in [1.29, 1.82) is 0 Å². The number of aromatic nitrogens is 3. The van der Waals surface area contributed by atoms with E-state index >= 15 is 0 Å². The minimum Gasteiger partial charge on any atom is -0.381 e. The lowest BCUT2D eigenvalue weighted by atomic mass is 10.00. The van der Waals surface area contributed by atoms with E-state index in [1.54, 1.807) is 6.20 Å². The van der Waals surface area contributed by atoms with Gasteiger partial charge in [0, 0.05) is 19.1 Å². The van der Waals surface area contributed by atoms with Gasteiger partial charge in [-0.2, -0.15) is 0 Å². The van der Waals surface area contributed by atoms with Gasteiger partial charge in [0.2, 0.25) is 0 Å². The SMILES string of the molecule is Clc1ncc(Cl)n2c(C3CCOCC3)nc(I)c12. The van der Waals surface area contributed by atoms with Crippen molar-refractivity contribution in [2.24, 2.45) is 0 Å².